The van der Waals surface area contributed by atoms with Gasteiger partial charge in [0.05, 0.1) is 0 Å². The molecule has 1 aromatic carbocycles. The van der Waals surface area contributed by atoms with Crippen molar-refractivity contribution in [3.8, 4) is 0 Å². The molecule has 0 atom stereocenters. The van der Waals surface area contributed by atoms with Crippen LogP contribution < -0.4 is 0 Å². The summed E-state index contributed by atoms with van der Waals surface area (Å²) in [5.41, 5.74) is 2.09. The van der Waals surface area contributed by atoms with E-state index in [4.69, 9.17) is 0 Å². The Balaban J connectivity index is 2.21. The van der Waals surface area contributed by atoms with Crippen LogP contribution >= 0.6 is 11.8 Å². The molecule has 0 radical (unpaired) electrons. The van der Waals surface area contributed by atoms with Crippen molar-refractivity contribution in [3.05, 3.63) is 41.5 Å². The predicted octanol–water partition coefficient (Wildman–Crippen LogP) is 2.78. The molecule has 1 aromatic rings. The van der Waals surface area contributed by atoms with Gasteiger partial charge in [-0.05, 0) is 11.6 Å². The first-order valence-electron chi connectivity index (χ1n) is 4.73. The van der Waals surface area contributed by atoms with Crippen LogP contribution in [0.3, 0.4) is 0 Å². The summed E-state index contributed by atoms with van der Waals surface area (Å²) in [4.78, 5) is 11.5. The molecule has 2 heteroatoms. The highest BCUT2D eigenvalue weighted by molar-refractivity contribution is 7.99. The molecule has 0 bridgehead atoms. The lowest BCUT2D eigenvalue weighted by Crippen LogP contribution is -2.11. The Labute approximate surface area is 88.2 Å². The minimum absolute atomic E-state index is 0.313. The minimum atomic E-state index is 0.313. The topological polar surface area (TPSA) is 17.1 Å². The fraction of sp³-hybridized carbons (Fsp3) is 0.250. The Hall–Kier alpha value is -1.02. The fourth-order valence-electron chi connectivity index (χ4n) is 1.46. The summed E-state index contributed by atoms with van der Waals surface area (Å²) < 4.78 is 0. The molecule has 0 aliphatic carbocycles. The van der Waals surface area contributed by atoms with Gasteiger partial charge >= 0.3 is 0 Å². The van der Waals surface area contributed by atoms with Crippen molar-refractivity contribution >= 4 is 23.6 Å². The predicted molar refractivity (Wildman–Crippen MR) is 61.4 cm³/mol. The summed E-state index contributed by atoms with van der Waals surface area (Å²) in [6.45, 7) is 0. The lowest BCUT2D eigenvalue weighted by Gasteiger charge is -2.11. The minimum Gasteiger partial charge on any atom is -0.294 e. The maximum atomic E-state index is 11.5. The van der Waals surface area contributed by atoms with Crippen LogP contribution in [0.15, 0.2) is 35.9 Å². The van der Waals surface area contributed by atoms with Gasteiger partial charge in [0.1, 0.15) is 0 Å². The Morgan fingerprint density at radius 3 is 2.71 bits per heavy atom. The van der Waals surface area contributed by atoms with Crippen LogP contribution in [0.2, 0.25) is 0 Å². The second-order valence-corrected chi connectivity index (χ2v) is 4.41. The second-order valence-electron chi connectivity index (χ2n) is 3.31. The van der Waals surface area contributed by atoms with E-state index in [0.717, 1.165) is 22.6 Å². The van der Waals surface area contributed by atoms with Crippen LogP contribution in [0.25, 0.3) is 6.08 Å². The molecule has 1 aliphatic rings. The molecule has 1 heterocycles. The SMILES string of the molecule is O=C1CCSCC1=Cc1ccccc1. The van der Waals surface area contributed by atoms with Gasteiger partial charge in [-0.15, -0.1) is 0 Å². The van der Waals surface area contributed by atoms with Gasteiger partial charge in [0.15, 0.2) is 5.78 Å². The number of hydrogen-bond acceptors (Lipinski definition) is 2. The maximum Gasteiger partial charge on any atom is 0.160 e. The van der Waals surface area contributed by atoms with E-state index in [2.05, 4.69) is 0 Å². The monoisotopic (exact) mass is 204 g/mol. The quantitative estimate of drug-likeness (QED) is 0.654. The van der Waals surface area contributed by atoms with E-state index >= 15 is 0 Å². The summed E-state index contributed by atoms with van der Waals surface area (Å²) in [5, 5.41) is 0. The number of rotatable bonds is 1. The highest BCUT2D eigenvalue weighted by Gasteiger charge is 2.14. The lowest BCUT2D eigenvalue weighted by molar-refractivity contribution is -0.115. The van der Waals surface area contributed by atoms with Gasteiger partial charge in [-0.25, -0.2) is 0 Å². The Morgan fingerprint density at radius 2 is 2.00 bits per heavy atom. The third-order valence-electron chi connectivity index (χ3n) is 2.23. The molecular weight excluding hydrogens is 192 g/mol. The molecule has 72 valence electrons. The number of Topliss-reactive ketones (excluding diaryl/α,β-unsaturated/α-hetero) is 1. The van der Waals surface area contributed by atoms with Crippen LogP contribution in [0.4, 0.5) is 0 Å². The van der Waals surface area contributed by atoms with Gasteiger partial charge < -0.3 is 0 Å². The molecule has 0 N–H and O–H groups in total. The zero-order valence-electron chi connectivity index (χ0n) is 7.90. The highest BCUT2D eigenvalue weighted by atomic mass is 32.2. The maximum absolute atomic E-state index is 11.5. The van der Waals surface area contributed by atoms with Crippen LogP contribution in [-0.4, -0.2) is 17.3 Å². The van der Waals surface area contributed by atoms with Gasteiger partial charge in [0.25, 0.3) is 0 Å². The van der Waals surface area contributed by atoms with E-state index < -0.39 is 0 Å². The Bertz CT molecular complexity index is 354. The third kappa shape index (κ3) is 2.26. The highest BCUT2D eigenvalue weighted by Crippen LogP contribution is 2.21. The molecule has 0 spiro atoms. The fourth-order valence-corrected chi connectivity index (χ4v) is 2.40. The van der Waals surface area contributed by atoms with Crippen molar-refractivity contribution < 1.29 is 4.79 Å². The van der Waals surface area contributed by atoms with Crippen LogP contribution in [0.5, 0.6) is 0 Å². The first-order chi connectivity index (χ1) is 6.86. The van der Waals surface area contributed by atoms with E-state index in [1.54, 1.807) is 0 Å². The smallest absolute Gasteiger partial charge is 0.160 e. The van der Waals surface area contributed by atoms with Crippen LogP contribution in [-0.2, 0) is 4.79 Å². The summed E-state index contributed by atoms with van der Waals surface area (Å²) in [6.07, 6.45) is 2.71. The van der Waals surface area contributed by atoms with Gasteiger partial charge in [-0.1, -0.05) is 30.3 Å². The lowest BCUT2D eigenvalue weighted by atomic mass is 10.1. The molecule has 0 aromatic heterocycles. The van der Waals surface area contributed by atoms with Gasteiger partial charge in [-0.2, -0.15) is 11.8 Å². The molecule has 14 heavy (non-hydrogen) atoms. The molecule has 2 rings (SSSR count). The van der Waals surface area contributed by atoms with Crippen molar-refractivity contribution in [2.45, 2.75) is 6.42 Å². The van der Waals surface area contributed by atoms with Crippen molar-refractivity contribution in [2.24, 2.45) is 0 Å². The molecule has 1 fully saturated rings. The zero-order valence-corrected chi connectivity index (χ0v) is 8.72. The zero-order chi connectivity index (χ0) is 9.80. The summed E-state index contributed by atoms with van der Waals surface area (Å²) in [7, 11) is 0. The molecule has 1 aliphatic heterocycles. The number of benzene rings is 1. The Kier molecular flexibility index (Phi) is 3.04. The van der Waals surface area contributed by atoms with Crippen molar-refractivity contribution in [1.82, 2.24) is 0 Å². The van der Waals surface area contributed by atoms with E-state index in [1.165, 1.54) is 0 Å². The number of hydrogen-bond donors (Lipinski definition) is 0. The average molecular weight is 204 g/mol. The van der Waals surface area contributed by atoms with Gasteiger partial charge in [0.2, 0.25) is 0 Å². The summed E-state index contributed by atoms with van der Waals surface area (Å²) in [5.74, 6) is 2.16. The van der Waals surface area contributed by atoms with E-state index in [-0.39, 0.29) is 0 Å². The molecule has 1 saturated heterocycles. The number of carbonyl (C=O) groups is 1. The number of thioether (sulfide) groups is 1. The third-order valence-corrected chi connectivity index (χ3v) is 3.24. The number of ketones is 1. The summed E-state index contributed by atoms with van der Waals surface area (Å²) in [6, 6.07) is 10.0. The molecular formula is C12H12OS. The molecule has 0 amide bonds. The molecule has 0 saturated carbocycles. The first kappa shape index (κ1) is 9.53. The standard InChI is InChI=1S/C12H12OS/c13-12-6-7-14-9-11(12)8-10-4-2-1-3-5-10/h1-5,8H,6-7,9H2. The van der Waals surface area contributed by atoms with Gasteiger partial charge in [-0.3, -0.25) is 4.79 Å². The normalized spacial score (nSPS) is 20.0. The second kappa shape index (κ2) is 4.47. The number of carbonyl (C=O) groups excluding carboxylic acids is 1. The van der Waals surface area contributed by atoms with Crippen LogP contribution in [0, 0.1) is 0 Å². The summed E-state index contributed by atoms with van der Waals surface area (Å²) >= 11 is 1.84. The van der Waals surface area contributed by atoms with E-state index in [0.29, 0.717) is 12.2 Å². The molecule has 1 nitrogen and oxygen atoms in total. The van der Waals surface area contributed by atoms with Crippen molar-refractivity contribution in [1.29, 1.82) is 0 Å². The average Bonchev–Trinajstić information content (AvgIpc) is 2.23. The van der Waals surface area contributed by atoms with Crippen LogP contribution in [0.1, 0.15) is 12.0 Å². The van der Waals surface area contributed by atoms with E-state index in [9.17, 15) is 4.79 Å². The molecule has 0 unspecified atom stereocenters. The van der Waals surface area contributed by atoms with Crippen molar-refractivity contribution in [3.63, 3.8) is 0 Å². The van der Waals surface area contributed by atoms with Crippen molar-refractivity contribution in [2.75, 3.05) is 11.5 Å². The van der Waals surface area contributed by atoms with Gasteiger partial charge in [0, 0.05) is 23.5 Å². The largest absolute Gasteiger partial charge is 0.294 e. The van der Waals surface area contributed by atoms with E-state index in [1.807, 2.05) is 48.2 Å². The first-order valence-corrected chi connectivity index (χ1v) is 5.88. The Morgan fingerprint density at radius 1 is 1.21 bits per heavy atom.